The molecule has 3 aromatic rings. The van der Waals surface area contributed by atoms with Crippen molar-refractivity contribution >= 4 is 34.0 Å². The van der Waals surface area contributed by atoms with Crippen LogP contribution in [-0.2, 0) is 9.53 Å². The molecule has 0 aliphatic carbocycles. The average Bonchev–Trinajstić information content (AvgIpc) is 2.81. The second kappa shape index (κ2) is 4.94. The van der Waals surface area contributed by atoms with Gasteiger partial charge in [-0.25, -0.2) is 9.59 Å². The van der Waals surface area contributed by atoms with E-state index in [4.69, 9.17) is 8.83 Å². The van der Waals surface area contributed by atoms with Crippen LogP contribution in [0.5, 0.6) is 0 Å². The zero-order valence-corrected chi connectivity index (χ0v) is 11.5. The zero-order chi connectivity index (χ0) is 15.0. The Bertz CT molecular complexity index is 927. The van der Waals surface area contributed by atoms with Crippen molar-refractivity contribution in [3.05, 3.63) is 52.1 Å². The number of hydrogen-bond acceptors (Lipinski definition) is 5. The van der Waals surface area contributed by atoms with Gasteiger partial charge in [0.15, 0.2) is 0 Å². The molecule has 0 saturated carbocycles. The Hall–Kier alpha value is -2.82. The fraction of sp³-hybridized carbons (Fsp3) is 0.125. The van der Waals surface area contributed by atoms with Crippen LogP contribution >= 0.6 is 0 Å². The van der Waals surface area contributed by atoms with Crippen molar-refractivity contribution in [2.24, 2.45) is 0 Å². The molecule has 3 rings (SSSR count). The van der Waals surface area contributed by atoms with Gasteiger partial charge in [0.25, 0.3) is 0 Å². The summed E-state index contributed by atoms with van der Waals surface area (Å²) in [6.07, 6.45) is 2.82. The number of rotatable bonds is 2. The van der Waals surface area contributed by atoms with Gasteiger partial charge in [0.1, 0.15) is 16.9 Å². The van der Waals surface area contributed by atoms with Gasteiger partial charge in [-0.1, -0.05) is 0 Å². The van der Waals surface area contributed by atoms with Gasteiger partial charge in [-0.15, -0.1) is 0 Å². The van der Waals surface area contributed by atoms with Gasteiger partial charge in [-0.2, -0.15) is 0 Å². The van der Waals surface area contributed by atoms with Crippen LogP contribution in [0.2, 0.25) is 0 Å². The summed E-state index contributed by atoms with van der Waals surface area (Å²) in [4.78, 5) is 22.6. The van der Waals surface area contributed by atoms with E-state index in [0.29, 0.717) is 16.9 Å². The highest BCUT2D eigenvalue weighted by atomic mass is 16.5. The Balaban J connectivity index is 2.27. The Kier molecular flexibility index (Phi) is 3.10. The zero-order valence-electron chi connectivity index (χ0n) is 11.5. The van der Waals surface area contributed by atoms with Crippen LogP contribution in [0.3, 0.4) is 0 Å². The number of esters is 1. The van der Waals surface area contributed by atoms with Crippen molar-refractivity contribution in [2.75, 3.05) is 7.11 Å². The first-order valence-electron chi connectivity index (χ1n) is 6.32. The standard InChI is InChI=1S/C16H12O5/c1-9-11(6-8-13(17)19-2)20-12-5-3-10-4-7-14(18)21-16(10)15(9)12/h3-8H,1-2H3/b8-6+. The third-order valence-corrected chi connectivity index (χ3v) is 3.29. The topological polar surface area (TPSA) is 69.7 Å². The van der Waals surface area contributed by atoms with Gasteiger partial charge >= 0.3 is 11.6 Å². The van der Waals surface area contributed by atoms with E-state index in [1.54, 1.807) is 12.1 Å². The second-order valence-corrected chi connectivity index (χ2v) is 4.56. The summed E-state index contributed by atoms with van der Waals surface area (Å²) in [6.45, 7) is 1.84. The van der Waals surface area contributed by atoms with E-state index in [2.05, 4.69) is 4.74 Å². The average molecular weight is 284 g/mol. The second-order valence-electron chi connectivity index (χ2n) is 4.56. The number of carbonyl (C=O) groups is 1. The van der Waals surface area contributed by atoms with Crippen molar-refractivity contribution in [3.8, 4) is 0 Å². The van der Waals surface area contributed by atoms with Gasteiger partial charge in [-0.3, -0.25) is 0 Å². The molecule has 0 radical (unpaired) electrons. The lowest BCUT2D eigenvalue weighted by Crippen LogP contribution is -1.94. The first kappa shape index (κ1) is 13.2. The number of benzene rings is 1. The molecular formula is C16H12O5. The van der Waals surface area contributed by atoms with Crippen molar-refractivity contribution in [3.63, 3.8) is 0 Å². The number of carbonyl (C=O) groups excluding carboxylic acids is 1. The summed E-state index contributed by atoms with van der Waals surface area (Å²) in [5.74, 6) is 0.0562. The molecule has 0 bridgehead atoms. The minimum absolute atomic E-state index is 0.415. The molecule has 0 N–H and O–H groups in total. The van der Waals surface area contributed by atoms with E-state index in [-0.39, 0.29) is 0 Å². The minimum atomic E-state index is -0.466. The van der Waals surface area contributed by atoms with Gasteiger partial charge < -0.3 is 13.6 Å². The molecule has 5 heteroatoms. The van der Waals surface area contributed by atoms with Crippen LogP contribution in [0.15, 0.2) is 44.0 Å². The Morgan fingerprint density at radius 3 is 2.71 bits per heavy atom. The van der Waals surface area contributed by atoms with E-state index >= 15 is 0 Å². The number of hydrogen-bond donors (Lipinski definition) is 0. The van der Waals surface area contributed by atoms with Crippen LogP contribution in [0.1, 0.15) is 11.3 Å². The number of aryl methyl sites for hydroxylation is 1. The third kappa shape index (κ3) is 2.23. The highest BCUT2D eigenvalue weighted by Gasteiger charge is 2.13. The number of furan rings is 1. The normalized spacial score (nSPS) is 11.5. The molecule has 1 aromatic carbocycles. The van der Waals surface area contributed by atoms with E-state index in [1.165, 1.54) is 25.3 Å². The molecule has 0 spiro atoms. The van der Waals surface area contributed by atoms with E-state index in [9.17, 15) is 9.59 Å². The van der Waals surface area contributed by atoms with Crippen molar-refractivity contribution < 1.29 is 18.4 Å². The molecule has 0 amide bonds. The molecular weight excluding hydrogens is 272 g/mol. The number of fused-ring (bicyclic) bond motifs is 3. The number of methoxy groups -OCH3 is 1. The maximum absolute atomic E-state index is 11.4. The monoisotopic (exact) mass is 284 g/mol. The molecule has 0 fully saturated rings. The minimum Gasteiger partial charge on any atom is -0.466 e. The van der Waals surface area contributed by atoms with E-state index in [1.807, 2.05) is 13.0 Å². The van der Waals surface area contributed by atoms with Gasteiger partial charge in [0.05, 0.1) is 12.5 Å². The largest absolute Gasteiger partial charge is 0.466 e. The van der Waals surface area contributed by atoms with Crippen LogP contribution in [0.25, 0.3) is 28.0 Å². The van der Waals surface area contributed by atoms with Crippen LogP contribution in [-0.4, -0.2) is 13.1 Å². The third-order valence-electron chi connectivity index (χ3n) is 3.29. The molecule has 0 saturated heterocycles. The molecule has 0 atom stereocenters. The molecule has 21 heavy (non-hydrogen) atoms. The molecule has 106 valence electrons. The summed E-state index contributed by atoms with van der Waals surface area (Å²) in [7, 11) is 1.31. The molecule has 0 aliphatic heterocycles. The first-order chi connectivity index (χ1) is 10.1. The Morgan fingerprint density at radius 2 is 1.95 bits per heavy atom. The molecule has 2 heterocycles. The highest BCUT2D eigenvalue weighted by molar-refractivity contribution is 6.05. The Morgan fingerprint density at radius 1 is 1.19 bits per heavy atom. The van der Waals surface area contributed by atoms with Crippen LogP contribution in [0, 0.1) is 6.92 Å². The quantitative estimate of drug-likeness (QED) is 0.411. The molecule has 0 aliphatic rings. The predicted octanol–water partition coefficient (Wildman–Crippen LogP) is 3.03. The fourth-order valence-electron chi connectivity index (χ4n) is 2.24. The molecule has 2 aromatic heterocycles. The fourth-order valence-corrected chi connectivity index (χ4v) is 2.24. The smallest absolute Gasteiger partial charge is 0.336 e. The number of ether oxygens (including phenoxy) is 1. The van der Waals surface area contributed by atoms with Crippen molar-refractivity contribution in [2.45, 2.75) is 6.92 Å². The SMILES string of the molecule is COC(=O)/C=C/c1oc2ccc3ccc(=O)oc3c2c1C. The highest BCUT2D eigenvalue weighted by Crippen LogP contribution is 2.32. The lowest BCUT2D eigenvalue weighted by molar-refractivity contribution is -0.134. The lowest BCUT2D eigenvalue weighted by Gasteiger charge is -1.97. The summed E-state index contributed by atoms with van der Waals surface area (Å²) < 4.78 is 15.5. The summed E-state index contributed by atoms with van der Waals surface area (Å²) in [5, 5.41) is 1.55. The van der Waals surface area contributed by atoms with Crippen LogP contribution in [0.4, 0.5) is 0 Å². The summed E-state index contributed by atoms with van der Waals surface area (Å²) in [6, 6.07) is 6.70. The van der Waals surface area contributed by atoms with Crippen LogP contribution < -0.4 is 5.63 Å². The maximum atomic E-state index is 11.4. The summed E-state index contributed by atoms with van der Waals surface area (Å²) >= 11 is 0. The lowest BCUT2D eigenvalue weighted by atomic mass is 10.1. The van der Waals surface area contributed by atoms with Gasteiger partial charge in [0, 0.05) is 23.1 Å². The predicted molar refractivity (Wildman–Crippen MR) is 78.0 cm³/mol. The van der Waals surface area contributed by atoms with E-state index in [0.717, 1.165) is 16.3 Å². The van der Waals surface area contributed by atoms with Crippen molar-refractivity contribution in [1.29, 1.82) is 0 Å². The summed E-state index contributed by atoms with van der Waals surface area (Å²) in [5.41, 5.74) is 1.46. The maximum Gasteiger partial charge on any atom is 0.336 e. The van der Waals surface area contributed by atoms with Gasteiger partial charge in [0.2, 0.25) is 0 Å². The van der Waals surface area contributed by atoms with Gasteiger partial charge in [-0.05, 0) is 31.2 Å². The van der Waals surface area contributed by atoms with E-state index < -0.39 is 11.6 Å². The molecule has 5 nitrogen and oxygen atoms in total. The van der Waals surface area contributed by atoms with Crippen molar-refractivity contribution in [1.82, 2.24) is 0 Å². The Labute approximate surface area is 119 Å². The first-order valence-corrected chi connectivity index (χ1v) is 6.32. The molecule has 0 unspecified atom stereocenters.